The highest BCUT2D eigenvalue weighted by atomic mass is 16.3. The second-order valence-corrected chi connectivity index (χ2v) is 4.50. The average molecular weight is 221 g/mol. The number of aliphatic hydroxyl groups is 1. The van der Waals surface area contributed by atoms with E-state index in [4.69, 9.17) is 0 Å². The van der Waals surface area contributed by atoms with Crippen molar-refractivity contribution in [3.8, 4) is 0 Å². The van der Waals surface area contributed by atoms with Crippen molar-refractivity contribution in [2.24, 2.45) is 5.41 Å². The van der Waals surface area contributed by atoms with Crippen LogP contribution in [0.15, 0.2) is 18.5 Å². The van der Waals surface area contributed by atoms with Crippen molar-refractivity contribution in [2.75, 3.05) is 30.3 Å². The van der Waals surface area contributed by atoms with Crippen LogP contribution < -0.4 is 10.6 Å². The third-order valence-electron chi connectivity index (χ3n) is 3.08. The Balaban J connectivity index is 1.91. The monoisotopic (exact) mass is 221 g/mol. The fourth-order valence-electron chi connectivity index (χ4n) is 1.69. The Morgan fingerprint density at radius 1 is 1.31 bits per heavy atom. The quantitative estimate of drug-likeness (QED) is 0.684. The van der Waals surface area contributed by atoms with Crippen LogP contribution in [0.2, 0.25) is 0 Å². The zero-order valence-corrected chi connectivity index (χ0v) is 9.66. The van der Waals surface area contributed by atoms with Gasteiger partial charge in [0.1, 0.15) is 0 Å². The summed E-state index contributed by atoms with van der Waals surface area (Å²) in [6.07, 6.45) is 5.87. The summed E-state index contributed by atoms with van der Waals surface area (Å²) in [6.45, 7) is 4.07. The number of hydrogen-bond donors (Lipinski definition) is 3. The Labute approximate surface area is 96.1 Å². The SMILES string of the molecule is CCNc1cncc(NCC2(CO)CC2)c1. The van der Waals surface area contributed by atoms with Crippen LogP contribution in [0.25, 0.3) is 0 Å². The molecule has 3 N–H and O–H groups in total. The molecule has 0 bridgehead atoms. The van der Waals surface area contributed by atoms with Gasteiger partial charge < -0.3 is 15.7 Å². The summed E-state index contributed by atoms with van der Waals surface area (Å²) in [7, 11) is 0. The van der Waals surface area contributed by atoms with Crippen LogP contribution in [-0.4, -0.2) is 29.8 Å². The number of aliphatic hydroxyl groups excluding tert-OH is 1. The van der Waals surface area contributed by atoms with Gasteiger partial charge in [-0.3, -0.25) is 4.98 Å². The number of anilines is 2. The summed E-state index contributed by atoms with van der Waals surface area (Å²) in [5.74, 6) is 0. The Kier molecular flexibility index (Phi) is 3.29. The standard InChI is InChI=1S/C12H19N3O/c1-2-14-10-5-11(7-13-6-10)15-8-12(9-16)3-4-12/h5-7,14-16H,2-4,8-9H2,1H3. The highest BCUT2D eigenvalue weighted by Crippen LogP contribution is 2.44. The molecule has 0 aliphatic heterocycles. The molecule has 1 aliphatic carbocycles. The summed E-state index contributed by atoms with van der Waals surface area (Å²) >= 11 is 0. The summed E-state index contributed by atoms with van der Waals surface area (Å²) in [5.41, 5.74) is 2.17. The fourth-order valence-corrected chi connectivity index (χ4v) is 1.69. The second kappa shape index (κ2) is 4.70. The molecule has 1 aromatic rings. The van der Waals surface area contributed by atoms with Gasteiger partial charge in [0.05, 0.1) is 30.4 Å². The third-order valence-corrected chi connectivity index (χ3v) is 3.08. The van der Waals surface area contributed by atoms with Crippen LogP contribution in [0.1, 0.15) is 19.8 Å². The van der Waals surface area contributed by atoms with E-state index in [9.17, 15) is 5.11 Å². The zero-order valence-electron chi connectivity index (χ0n) is 9.66. The maximum absolute atomic E-state index is 9.21. The van der Waals surface area contributed by atoms with E-state index in [1.807, 2.05) is 18.5 Å². The molecule has 88 valence electrons. The molecule has 16 heavy (non-hydrogen) atoms. The van der Waals surface area contributed by atoms with Gasteiger partial charge in [0, 0.05) is 18.5 Å². The van der Waals surface area contributed by atoms with Crippen molar-refractivity contribution in [3.63, 3.8) is 0 Å². The first-order valence-electron chi connectivity index (χ1n) is 5.82. The van der Waals surface area contributed by atoms with Crippen LogP contribution in [0.3, 0.4) is 0 Å². The third kappa shape index (κ3) is 2.64. The van der Waals surface area contributed by atoms with Gasteiger partial charge in [0.25, 0.3) is 0 Å². The Bertz CT molecular complexity index is 350. The lowest BCUT2D eigenvalue weighted by Crippen LogP contribution is -2.19. The van der Waals surface area contributed by atoms with Crippen LogP contribution >= 0.6 is 0 Å². The molecule has 1 saturated carbocycles. The number of aromatic nitrogens is 1. The lowest BCUT2D eigenvalue weighted by atomic mass is 10.1. The van der Waals surface area contributed by atoms with E-state index in [1.165, 1.54) is 0 Å². The Hall–Kier alpha value is -1.29. The van der Waals surface area contributed by atoms with E-state index in [0.29, 0.717) is 0 Å². The van der Waals surface area contributed by atoms with Crippen molar-refractivity contribution >= 4 is 11.4 Å². The lowest BCUT2D eigenvalue weighted by molar-refractivity contribution is 0.220. The first-order valence-corrected chi connectivity index (χ1v) is 5.82. The lowest BCUT2D eigenvalue weighted by Gasteiger charge is -2.14. The van der Waals surface area contributed by atoms with Crippen molar-refractivity contribution in [1.82, 2.24) is 4.98 Å². The summed E-state index contributed by atoms with van der Waals surface area (Å²) in [6, 6.07) is 2.05. The van der Waals surface area contributed by atoms with Crippen molar-refractivity contribution in [2.45, 2.75) is 19.8 Å². The molecule has 1 aliphatic rings. The van der Waals surface area contributed by atoms with Crippen LogP contribution in [0.5, 0.6) is 0 Å². The van der Waals surface area contributed by atoms with Gasteiger partial charge >= 0.3 is 0 Å². The molecule has 0 amide bonds. The second-order valence-electron chi connectivity index (χ2n) is 4.50. The molecular formula is C12H19N3O. The van der Waals surface area contributed by atoms with Gasteiger partial charge in [-0.15, -0.1) is 0 Å². The molecule has 2 rings (SSSR count). The normalized spacial score (nSPS) is 16.9. The zero-order chi connectivity index (χ0) is 11.4. The van der Waals surface area contributed by atoms with E-state index in [0.717, 1.165) is 37.3 Å². The maximum atomic E-state index is 9.21. The van der Waals surface area contributed by atoms with Crippen LogP contribution in [-0.2, 0) is 0 Å². The minimum absolute atomic E-state index is 0.133. The number of hydrogen-bond acceptors (Lipinski definition) is 4. The smallest absolute Gasteiger partial charge is 0.0547 e. The first-order chi connectivity index (χ1) is 7.78. The average Bonchev–Trinajstić information content (AvgIpc) is 3.08. The van der Waals surface area contributed by atoms with Crippen molar-refractivity contribution in [3.05, 3.63) is 18.5 Å². The minimum atomic E-state index is 0.133. The van der Waals surface area contributed by atoms with E-state index >= 15 is 0 Å². The summed E-state index contributed by atoms with van der Waals surface area (Å²) in [4.78, 5) is 4.16. The largest absolute Gasteiger partial charge is 0.396 e. The Morgan fingerprint density at radius 3 is 2.56 bits per heavy atom. The fraction of sp³-hybridized carbons (Fsp3) is 0.583. The summed E-state index contributed by atoms with van der Waals surface area (Å²) in [5, 5.41) is 15.8. The molecule has 0 atom stereocenters. The highest BCUT2D eigenvalue weighted by Gasteiger charge is 2.41. The molecule has 0 radical (unpaired) electrons. The molecule has 0 saturated heterocycles. The van der Waals surface area contributed by atoms with Gasteiger partial charge in [-0.05, 0) is 25.8 Å². The molecule has 1 heterocycles. The van der Waals surface area contributed by atoms with E-state index in [2.05, 4.69) is 22.5 Å². The van der Waals surface area contributed by atoms with Crippen molar-refractivity contribution in [1.29, 1.82) is 0 Å². The molecule has 4 nitrogen and oxygen atoms in total. The number of nitrogens with one attached hydrogen (secondary N) is 2. The molecule has 1 aromatic heterocycles. The molecule has 4 heteroatoms. The molecule has 0 aromatic carbocycles. The predicted molar refractivity (Wildman–Crippen MR) is 65.6 cm³/mol. The van der Waals surface area contributed by atoms with Gasteiger partial charge in [-0.25, -0.2) is 0 Å². The summed E-state index contributed by atoms with van der Waals surface area (Å²) < 4.78 is 0. The molecule has 0 spiro atoms. The van der Waals surface area contributed by atoms with E-state index < -0.39 is 0 Å². The number of rotatable bonds is 6. The number of pyridine rings is 1. The van der Waals surface area contributed by atoms with E-state index in [-0.39, 0.29) is 12.0 Å². The highest BCUT2D eigenvalue weighted by molar-refractivity contribution is 5.54. The van der Waals surface area contributed by atoms with Gasteiger partial charge in [-0.1, -0.05) is 0 Å². The van der Waals surface area contributed by atoms with Gasteiger partial charge in [0.2, 0.25) is 0 Å². The topological polar surface area (TPSA) is 57.2 Å². The predicted octanol–water partition coefficient (Wildman–Crippen LogP) is 1.70. The molecule has 1 fully saturated rings. The van der Waals surface area contributed by atoms with E-state index in [1.54, 1.807) is 0 Å². The maximum Gasteiger partial charge on any atom is 0.0547 e. The minimum Gasteiger partial charge on any atom is -0.396 e. The van der Waals surface area contributed by atoms with Crippen LogP contribution in [0.4, 0.5) is 11.4 Å². The Morgan fingerprint density at radius 2 is 2.00 bits per heavy atom. The number of nitrogens with zero attached hydrogens (tertiary/aromatic N) is 1. The molecule has 0 unspecified atom stereocenters. The molecular weight excluding hydrogens is 202 g/mol. The van der Waals surface area contributed by atoms with Gasteiger partial charge in [0.15, 0.2) is 0 Å². The van der Waals surface area contributed by atoms with Crippen LogP contribution in [0, 0.1) is 5.41 Å². The van der Waals surface area contributed by atoms with Crippen molar-refractivity contribution < 1.29 is 5.11 Å². The first kappa shape index (κ1) is 11.2. The van der Waals surface area contributed by atoms with Gasteiger partial charge in [-0.2, -0.15) is 0 Å².